The van der Waals surface area contributed by atoms with Crippen molar-refractivity contribution in [1.82, 2.24) is 5.43 Å². The zero-order chi connectivity index (χ0) is 16.1. The van der Waals surface area contributed by atoms with Gasteiger partial charge >= 0.3 is 5.97 Å². The average molecular weight is 317 g/mol. The fourth-order valence-electron chi connectivity index (χ4n) is 1.74. The van der Waals surface area contributed by atoms with Crippen LogP contribution in [-0.2, 0) is 0 Å². The van der Waals surface area contributed by atoms with Gasteiger partial charge in [0.15, 0.2) is 0 Å². The molecule has 6 heteroatoms. The third kappa shape index (κ3) is 3.93. The number of carboxylic acid groups (broad SMARTS) is 1. The number of carboxylic acids is 1. The number of aromatic carboxylic acids is 1. The summed E-state index contributed by atoms with van der Waals surface area (Å²) in [5.41, 5.74) is 4.53. The summed E-state index contributed by atoms with van der Waals surface area (Å²) in [6.07, 6.45) is 1.42. The SMILES string of the molecule is Cc1ccc(C(=O)N/N=C/c2ccc(C(=O)O)cc2)c(Cl)c1. The van der Waals surface area contributed by atoms with Crippen molar-refractivity contribution in [3.63, 3.8) is 0 Å². The van der Waals surface area contributed by atoms with Gasteiger partial charge in [-0.2, -0.15) is 5.10 Å². The van der Waals surface area contributed by atoms with Gasteiger partial charge in [-0.05, 0) is 42.3 Å². The van der Waals surface area contributed by atoms with Gasteiger partial charge in [-0.1, -0.05) is 29.8 Å². The summed E-state index contributed by atoms with van der Waals surface area (Å²) >= 11 is 6.00. The number of rotatable bonds is 4. The highest BCUT2D eigenvalue weighted by Crippen LogP contribution is 2.17. The lowest BCUT2D eigenvalue weighted by Gasteiger charge is -2.03. The Kier molecular flexibility index (Phi) is 4.91. The summed E-state index contributed by atoms with van der Waals surface area (Å²) in [6.45, 7) is 1.88. The number of halogens is 1. The minimum atomic E-state index is -0.995. The first-order valence-corrected chi connectivity index (χ1v) is 6.78. The molecule has 0 radical (unpaired) electrons. The van der Waals surface area contributed by atoms with Crippen molar-refractivity contribution < 1.29 is 14.7 Å². The van der Waals surface area contributed by atoms with Crippen molar-refractivity contribution in [3.05, 3.63) is 69.7 Å². The Hall–Kier alpha value is -2.66. The van der Waals surface area contributed by atoms with Crippen molar-refractivity contribution in [2.75, 3.05) is 0 Å². The van der Waals surface area contributed by atoms with Crippen molar-refractivity contribution in [2.45, 2.75) is 6.92 Å². The van der Waals surface area contributed by atoms with E-state index >= 15 is 0 Å². The quantitative estimate of drug-likeness (QED) is 0.672. The maximum Gasteiger partial charge on any atom is 0.335 e. The van der Waals surface area contributed by atoms with Gasteiger partial charge in [-0.15, -0.1) is 0 Å². The summed E-state index contributed by atoms with van der Waals surface area (Å²) < 4.78 is 0. The Morgan fingerprint density at radius 3 is 2.45 bits per heavy atom. The Labute approximate surface area is 132 Å². The molecule has 0 aliphatic rings. The highest BCUT2D eigenvalue weighted by molar-refractivity contribution is 6.33. The zero-order valence-corrected chi connectivity index (χ0v) is 12.5. The van der Waals surface area contributed by atoms with Crippen LogP contribution < -0.4 is 5.43 Å². The molecule has 0 aliphatic carbocycles. The highest BCUT2D eigenvalue weighted by atomic mass is 35.5. The van der Waals surface area contributed by atoms with Gasteiger partial charge in [-0.3, -0.25) is 4.79 Å². The van der Waals surface area contributed by atoms with Gasteiger partial charge in [0, 0.05) is 0 Å². The third-order valence-corrected chi connectivity index (χ3v) is 3.22. The van der Waals surface area contributed by atoms with E-state index in [1.54, 1.807) is 30.3 Å². The molecule has 0 saturated heterocycles. The summed E-state index contributed by atoms with van der Waals surface area (Å²) in [6, 6.07) is 11.2. The van der Waals surface area contributed by atoms with Crippen molar-refractivity contribution in [2.24, 2.45) is 5.10 Å². The predicted molar refractivity (Wildman–Crippen MR) is 84.7 cm³/mol. The summed E-state index contributed by atoms with van der Waals surface area (Å²) in [4.78, 5) is 22.6. The number of carbonyl (C=O) groups excluding carboxylic acids is 1. The van der Waals surface area contributed by atoms with Crippen LogP contribution in [0, 0.1) is 6.92 Å². The number of aryl methyl sites for hydroxylation is 1. The van der Waals surface area contributed by atoms with Crippen LogP contribution in [0.4, 0.5) is 0 Å². The van der Waals surface area contributed by atoms with Gasteiger partial charge < -0.3 is 5.11 Å². The number of nitrogens with one attached hydrogen (secondary N) is 1. The minimum Gasteiger partial charge on any atom is -0.478 e. The fraction of sp³-hybridized carbons (Fsp3) is 0.0625. The number of amides is 1. The second kappa shape index (κ2) is 6.87. The number of hydrazone groups is 1. The van der Waals surface area contributed by atoms with Crippen LogP contribution in [-0.4, -0.2) is 23.2 Å². The van der Waals surface area contributed by atoms with E-state index in [2.05, 4.69) is 10.5 Å². The largest absolute Gasteiger partial charge is 0.478 e. The van der Waals surface area contributed by atoms with Crippen molar-refractivity contribution in [1.29, 1.82) is 0 Å². The van der Waals surface area contributed by atoms with E-state index in [-0.39, 0.29) is 5.56 Å². The van der Waals surface area contributed by atoms with Crippen LogP contribution >= 0.6 is 11.6 Å². The van der Waals surface area contributed by atoms with E-state index in [1.807, 2.05) is 6.92 Å². The van der Waals surface area contributed by atoms with E-state index in [4.69, 9.17) is 16.7 Å². The van der Waals surface area contributed by atoms with E-state index < -0.39 is 11.9 Å². The molecule has 112 valence electrons. The first-order chi connectivity index (χ1) is 10.5. The second-order valence-electron chi connectivity index (χ2n) is 4.61. The molecule has 1 amide bonds. The Balaban J connectivity index is 2.02. The normalized spacial score (nSPS) is 10.6. The molecule has 0 aromatic heterocycles. The lowest BCUT2D eigenvalue weighted by Crippen LogP contribution is -2.18. The molecule has 0 bridgehead atoms. The average Bonchev–Trinajstić information content (AvgIpc) is 2.47. The van der Waals surface area contributed by atoms with Crippen molar-refractivity contribution in [3.8, 4) is 0 Å². The minimum absolute atomic E-state index is 0.188. The fourth-order valence-corrected chi connectivity index (χ4v) is 2.06. The van der Waals surface area contributed by atoms with E-state index in [0.29, 0.717) is 16.1 Å². The molecule has 0 atom stereocenters. The molecule has 0 aliphatic heterocycles. The van der Waals surface area contributed by atoms with E-state index in [0.717, 1.165) is 5.56 Å². The predicted octanol–water partition coefficient (Wildman–Crippen LogP) is 3.11. The van der Waals surface area contributed by atoms with Crippen LogP contribution in [0.5, 0.6) is 0 Å². The van der Waals surface area contributed by atoms with Crippen LogP contribution in [0.1, 0.15) is 31.8 Å². The van der Waals surface area contributed by atoms with Gasteiger partial charge in [0.1, 0.15) is 0 Å². The lowest BCUT2D eigenvalue weighted by molar-refractivity contribution is 0.0696. The molecular weight excluding hydrogens is 304 g/mol. The summed E-state index contributed by atoms with van der Waals surface area (Å²) in [5.74, 6) is -1.41. The lowest BCUT2D eigenvalue weighted by atomic mass is 10.1. The zero-order valence-electron chi connectivity index (χ0n) is 11.7. The number of nitrogens with zero attached hydrogens (tertiary/aromatic N) is 1. The number of hydrogen-bond donors (Lipinski definition) is 2. The summed E-state index contributed by atoms with van der Waals surface area (Å²) in [7, 11) is 0. The smallest absolute Gasteiger partial charge is 0.335 e. The molecule has 2 N–H and O–H groups in total. The van der Waals surface area contributed by atoms with Gasteiger partial charge in [0.05, 0.1) is 22.4 Å². The monoisotopic (exact) mass is 316 g/mol. The molecule has 22 heavy (non-hydrogen) atoms. The highest BCUT2D eigenvalue weighted by Gasteiger charge is 2.09. The van der Waals surface area contributed by atoms with Crippen LogP contribution in [0.15, 0.2) is 47.6 Å². The molecule has 5 nitrogen and oxygen atoms in total. The van der Waals surface area contributed by atoms with Gasteiger partial charge in [0.25, 0.3) is 5.91 Å². The Morgan fingerprint density at radius 2 is 1.86 bits per heavy atom. The topological polar surface area (TPSA) is 78.8 Å². The Morgan fingerprint density at radius 1 is 1.18 bits per heavy atom. The number of carbonyl (C=O) groups is 2. The molecular formula is C16H13ClN2O3. The van der Waals surface area contributed by atoms with Crippen LogP contribution in [0.2, 0.25) is 5.02 Å². The molecule has 2 rings (SSSR count). The molecule has 0 fully saturated rings. The molecule has 2 aromatic carbocycles. The second-order valence-corrected chi connectivity index (χ2v) is 5.02. The summed E-state index contributed by atoms with van der Waals surface area (Å²) in [5, 5.41) is 13.0. The van der Waals surface area contributed by atoms with Crippen LogP contribution in [0.25, 0.3) is 0 Å². The number of hydrogen-bond acceptors (Lipinski definition) is 3. The maximum atomic E-state index is 11.9. The standard InChI is InChI=1S/C16H13ClN2O3/c1-10-2-7-13(14(17)8-10)15(20)19-18-9-11-3-5-12(6-4-11)16(21)22/h2-9H,1H3,(H,19,20)(H,21,22)/b18-9+. The van der Waals surface area contributed by atoms with Gasteiger partial charge in [-0.25, -0.2) is 10.2 Å². The van der Waals surface area contributed by atoms with E-state index in [1.165, 1.54) is 18.3 Å². The third-order valence-electron chi connectivity index (χ3n) is 2.91. The number of benzene rings is 2. The van der Waals surface area contributed by atoms with Crippen molar-refractivity contribution >= 4 is 29.7 Å². The first kappa shape index (κ1) is 15.7. The Bertz CT molecular complexity index is 740. The van der Waals surface area contributed by atoms with E-state index in [9.17, 15) is 9.59 Å². The maximum absolute atomic E-state index is 11.9. The molecule has 0 unspecified atom stereocenters. The first-order valence-electron chi connectivity index (χ1n) is 6.40. The molecule has 2 aromatic rings. The molecule has 0 spiro atoms. The molecule has 0 saturated carbocycles. The van der Waals surface area contributed by atoms with Gasteiger partial charge in [0.2, 0.25) is 0 Å². The molecule has 0 heterocycles. The van der Waals surface area contributed by atoms with Crippen LogP contribution in [0.3, 0.4) is 0 Å².